The summed E-state index contributed by atoms with van der Waals surface area (Å²) in [5.74, 6) is 0.931. The van der Waals surface area contributed by atoms with Crippen LogP contribution in [0.25, 0.3) is 11.0 Å². The van der Waals surface area contributed by atoms with Crippen molar-refractivity contribution >= 4 is 32.7 Å². The van der Waals surface area contributed by atoms with Crippen LogP contribution in [0.2, 0.25) is 0 Å². The van der Waals surface area contributed by atoms with E-state index in [0.717, 1.165) is 33.8 Å². The first kappa shape index (κ1) is 12.0. The molecule has 2 aromatic rings. The quantitative estimate of drug-likeness (QED) is 0.740. The van der Waals surface area contributed by atoms with Crippen molar-refractivity contribution in [2.45, 2.75) is 32.6 Å². The molecule has 0 aliphatic heterocycles. The lowest BCUT2D eigenvalue weighted by molar-refractivity contribution is 0.0896. The molecule has 0 bridgehead atoms. The highest BCUT2D eigenvalue weighted by molar-refractivity contribution is 9.10. The Balaban J connectivity index is 2.06. The van der Waals surface area contributed by atoms with Crippen LogP contribution in [0.5, 0.6) is 0 Å². The fraction of sp³-hybridized carbons (Fsp3) is 0.400. The normalized spacial score (nSPS) is 16.6. The van der Waals surface area contributed by atoms with E-state index in [4.69, 9.17) is 4.42 Å². The molecule has 0 radical (unpaired) electrons. The Labute approximate surface area is 114 Å². The third-order valence-corrected chi connectivity index (χ3v) is 4.34. The van der Waals surface area contributed by atoms with Crippen LogP contribution in [0.4, 0.5) is 0 Å². The molecule has 1 aliphatic carbocycles. The summed E-state index contributed by atoms with van der Waals surface area (Å²) in [6, 6.07) is 5.87. The van der Waals surface area contributed by atoms with Crippen molar-refractivity contribution < 1.29 is 9.21 Å². The number of rotatable bonds is 2. The van der Waals surface area contributed by atoms with Crippen molar-refractivity contribution in [3.8, 4) is 0 Å². The molecule has 94 valence electrons. The molecule has 0 atom stereocenters. The number of fused-ring (bicyclic) bond motifs is 1. The molecule has 1 saturated carbocycles. The molecule has 0 saturated heterocycles. The highest BCUT2D eigenvalue weighted by Crippen LogP contribution is 2.33. The zero-order valence-electron chi connectivity index (χ0n) is 10.3. The predicted octanol–water partition coefficient (Wildman–Crippen LogP) is 4.88. The molecular formula is C15H15BrO2. The Kier molecular flexibility index (Phi) is 3.02. The second-order valence-electron chi connectivity index (χ2n) is 5.04. The number of hydrogen-bond acceptors (Lipinski definition) is 2. The maximum absolute atomic E-state index is 12.4. The van der Waals surface area contributed by atoms with E-state index in [1.165, 1.54) is 12.8 Å². The maximum atomic E-state index is 12.4. The largest absolute Gasteiger partial charge is 0.453 e. The van der Waals surface area contributed by atoms with Crippen LogP contribution < -0.4 is 0 Å². The first-order valence-corrected chi connectivity index (χ1v) is 7.19. The van der Waals surface area contributed by atoms with E-state index in [1.54, 1.807) is 0 Å². The van der Waals surface area contributed by atoms with Gasteiger partial charge >= 0.3 is 0 Å². The van der Waals surface area contributed by atoms with Crippen molar-refractivity contribution in [2.75, 3.05) is 0 Å². The van der Waals surface area contributed by atoms with E-state index in [9.17, 15) is 4.79 Å². The number of ketones is 1. The second-order valence-corrected chi connectivity index (χ2v) is 5.96. The van der Waals surface area contributed by atoms with Crippen molar-refractivity contribution in [3.05, 3.63) is 34.0 Å². The Morgan fingerprint density at radius 1 is 1.33 bits per heavy atom. The van der Waals surface area contributed by atoms with E-state index >= 15 is 0 Å². The molecule has 1 fully saturated rings. The van der Waals surface area contributed by atoms with Gasteiger partial charge in [0.05, 0.1) is 0 Å². The molecule has 1 aliphatic rings. The highest BCUT2D eigenvalue weighted by atomic mass is 79.9. The Bertz CT molecular complexity index is 606. The van der Waals surface area contributed by atoms with Crippen LogP contribution in [0.3, 0.4) is 0 Å². The van der Waals surface area contributed by atoms with Gasteiger partial charge in [-0.25, -0.2) is 0 Å². The second kappa shape index (κ2) is 4.54. The van der Waals surface area contributed by atoms with Gasteiger partial charge in [0, 0.05) is 21.3 Å². The number of furan rings is 1. The lowest BCUT2D eigenvalue weighted by Gasteiger charge is -2.05. The summed E-state index contributed by atoms with van der Waals surface area (Å²) in [7, 11) is 0. The molecule has 0 unspecified atom stereocenters. The number of carbonyl (C=O) groups excluding carboxylic acids is 1. The summed E-state index contributed by atoms with van der Waals surface area (Å²) in [6.07, 6.45) is 4.36. The van der Waals surface area contributed by atoms with Crippen LogP contribution in [0.15, 0.2) is 27.1 Å². The fourth-order valence-electron chi connectivity index (χ4n) is 2.80. The van der Waals surface area contributed by atoms with Crippen LogP contribution in [0.1, 0.15) is 41.8 Å². The van der Waals surface area contributed by atoms with Gasteiger partial charge in [-0.05, 0) is 38.0 Å². The summed E-state index contributed by atoms with van der Waals surface area (Å²) in [5.41, 5.74) is 1.78. The van der Waals surface area contributed by atoms with E-state index in [1.807, 2.05) is 25.1 Å². The highest BCUT2D eigenvalue weighted by Gasteiger charge is 2.28. The van der Waals surface area contributed by atoms with Crippen LogP contribution >= 0.6 is 15.9 Å². The van der Waals surface area contributed by atoms with Gasteiger partial charge in [0.15, 0.2) is 5.76 Å². The van der Waals surface area contributed by atoms with Gasteiger partial charge in [-0.15, -0.1) is 0 Å². The van der Waals surface area contributed by atoms with Gasteiger partial charge in [0.1, 0.15) is 5.58 Å². The summed E-state index contributed by atoms with van der Waals surface area (Å²) < 4.78 is 6.77. The van der Waals surface area contributed by atoms with Crippen LogP contribution in [-0.4, -0.2) is 5.78 Å². The lowest BCUT2D eigenvalue weighted by atomic mass is 9.98. The van der Waals surface area contributed by atoms with Crippen molar-refractivity contribution in [1.29, 1.82) is 0 Å². The minimum Gasteiger partial charge on any atom is -0.453 e. The van der Waals surface area contributed by atoms with Gasteiger partial charge in [-0.3, -0.25) is 4.79 Å². The van der Waals surface area contributed by atoms with E-state index in [2.05, 4.69) is 15.9 Å². The SMILES string of the molecule is Cc1c(C(=O)C2CCCC2)oc2ccc(Br)cc12. The molecule has 1 aromatic heterocycles. The smallest absolute Gasteiger partial charge is 0.201 e. The molecular weight excluding hydrogens is 292 g/mol. The van der Waals surface area contributed by atoms with Crippen molar-refractivity contribution in [2.24, 2.45) is 5.92 Å². The molecule has 1 aromatic carbocycles. The minimum atomic E-state index is 0.174. The first-order valence-electron chi connectivity index (χ1n) is 6.39. The van der Waals surface area contributed by atoms with E-state index in [-0.39, 0.29) is 11.7 Å². The zero-order valence-corrected chi connectivity index (χ0v) is 11.9. The first-order chi connectivity index (χ1) is 8.66. The Hall–Kier alpha value is -1.09. The van der Waals surface area contributed by atoms with E-state index < -0.39 is 0 Å². The lowest BCUT2D eigenvalue weighted by Crippen LogP contribution is -2.11. The van der Waals surface area contributed by atoms with Gasteiger partial charge in [0.2, 0.25) is 5.78 Å². The zero-order chi connectivity index (χ0) is 12.7. The summed E-state index contributed by atoms with van der Waals surface area (Å²) in [6.45, 7) is 1.97. The summed E-state index contributed by atoms with van der Waals surface area (Å²) in [5, 5.41) is 1.03. The standard InChI is InChI=1S/C15H15BrO2/c1-9-12-8-11(16)6-7-13(12)18-15(9)14(17)10-4-2-3-5-10/h6-8,10H,2-5H2,1H3. The van der Waals surface area contributed by atoms with Gasteiger partial charge < -0.3 is 4.42 Å². The third kappa shape index (κ3) is 1.91. The molecule has 0 amide bonds. The number of benzene rings is 1. The molecule has 18 heavy (non-hydrogen) atoms. The number of aryl methyl sites for hydroxylation is 1. The molecule has 2 nitrogen and oxygen atoms in total. The minimum absolute atomic E-state index is 0.174. The number of carbonyl (C=O) groups is 1. The van der Waals surface area contributed by atoms with E-state index in [0.29, 0.717) is 5.76 Å². The van der Waals surface area contributed by atoms with Crippen LogP contribution in [-0.2, 0) is 0 Å². The predicted molar refractivity (Wildman–Crippen MR) is 74.9 cm³/mol. The summed E-state index contributed by atoms with van der Waals surface area (Å²) in [4.78, 5) is 12.4. The van der Waals surface area contributed by atoms with Gasteiger partial charge in [0.25, 0.3) is 0 Å². The van der Waals surface area contributed by atoms with Gasteiger partial charge in [-0.1, -0.05) is 28.8 Å². The van der Waals surface area contributed by atoms with Crippen LogP contribution in [0, 0.1) is 12.8 Å². The van der Waals surface area contributed by atoms with Gasteiger partial charge in [-0.2, -0.15) is 0 Å². The maximum Gasteiger partial charge on any atom is 0.201 e. The topological polar surface area (TPSA) is 30.2 Å². The monoisotopic (exact) mass is 306 g/mol. The van der Waals surface area contributed by atoms with Crippen molar-refractivity contribution in [3.63, 3.8) is 0 Å². The fourth-order valence-corrected chi connectivity index (χ4v) is 3.16. The third-order valence-electron chi connectivity index (χ3n) is 3.85. The molecule has 3 rings (SSSR count). The Morgan fingerprint density at radius 3 is 2.78 bits per heavy atom. The average Bonchev–Trinajstić information content (AvgIpc) is 2.98. The molecule has 0 spiro atoms. The average molecular weight is 307 g/mol. The summed E-state index contributed by atoms with van der Waals surface area (Å²) >= 11 is 3.45. The molecule has 0 N–H and O–H groups in total. The Morgan fingerprint density at radius 2 is 2.06 bits per heavy atom. The van der Waals surface area contributed by atoms with Crippen molar-refractivity contribution in [1.82, 2.24) is 0 Å². The molecule has 3 heteroatoms. The number of halogens is 1. The number of hydrogen-bond donors (Lipinski definition) is 0. The number of Topliss-reactive ketones (excluding diaryl/α,β-unsaturated/α-hetero) is 1. The molecule has 1 heterocycles.